The van der Waals surface area contributed by atoms with Gasteiger partial charge in [0.25, 0.3) is 0 Å². The van der Waals surface area contributed by atoms with Crippen LogP contribution in [0.3, 0.4) is 0 Å². The Balaban J connectivity index is 1.46. The summed E-state index contributed by atoms with van der Waals surface area (Å²) in [5, 5.41) is 7.16. The zero-order chi connectivity index (χ0) is 25.9. The second-order valence-corrected chi connectivity index (χ2v) is 9.77. The molecule has 7 nitrogen and oxygen atoms in total. The number of aromatic nitrogens is 3. The number of aryl methyl sites for hydroxylation is 3. The van der Waals surface area contributed by atoms with Gasteiger partial charge in [-0.25, -0.2) is 0 Å². The Morgan fingerprint density at radius 3 is 2.68 bits per heavy atom. The van der Waals surface area contributed by atoms with E-state index < -0.39 is 0 Å². The molecule has 0 bridgehead atoms. The van der Waals surface area contributed by atoms with Crippen molar-refractivity contribution in [1.29, 1.82) is 0 Å². The number of anilines is 1. The largest absolute Gasteiger partial charge is 0.352 e. The summed E-state index contributed by atoms with van der Waals surface area (Å²) in [5.41, 5.74) is 7.01. The number of carbonyl (C=O) groups excluding carboxylic acids is 1. The Labute approximate surface area is 222 Å². The molecular formula is C29H30N6OS. The van der Waals surface area contributed by atoms with Gasteiger partial charge in [-0.05, 0) is 86.6 Å². The monoisotopic (exact) mass is 510 g/mol. The molecule has 2 N–H and O–H groups in total. The number of hydrogen-bond donors (Lipinski definition) is 2. The predicted molar refractivity (Wildman–Crippen MR) is 150 cm³/mol. The molecule has 0 radical (unpaired) electrons. The molecule has 3 aromatic heterocycles. The van der Waals surface area contributed by atoms with E-state index in [9.17, 15) is 4.79 Å². The van der Waals surface area contributed by atoms with Gasteiger partial charge < -0.3 is 20.1 Å². The van der Waals surface area contributed by atoms with Gasteiger partial charge in [-0.2, -0.15) is 0 Å². The van der Waals surface area contributed by atoms with Crippen molar-refractivity contribution in [3.05, 3.63) is 107 Å². The van der Waals surface area contributed by atoms with Crippen LogP contribution in [0.5, 0.6) is 0 Å². The van der Waals surface area contributed by atoms with Gasteiger partial charge >= 0.3 is 0 Å². The number of benzene rings is 1. The SMILES string of the molecule is Cc1ccc(C)c(NC(=O)CCN2C(=S)N[C@H](c3ccccn3)[C@@H]2c2ccc(C)n2-c2cccnc2)c1. The third kappa shape index (κ3) is 5.11. The number of nitrogens with zero attached hydrogens (tertiary/aromatic N) is 4. The van der Waals surface area contributed by atoms with E-state index in [1.54, 1.807) is 12.4 Å². The maximum Gasteiger partial charge on any atom is 0.226 e. The van der Waals surface area contributed by atoms with Crippen LogP contribution in [0.4, 0.5) is 5.69 Å². The third-order valence-electron chi connectivity index (χ3n) is 6.76. The van der Waals surface area contributed by atoms with E-state index in [0.29, 0.717) is 18.1 Å². The van der Waals surface area contributed by atoms with Gasteiger partial charge in [0, 0.05) is 42.4 Å². The maximum absolute atomic E-state index is 13.0. The Morgan fingerprint density at radius 1 is 1.05 bits per heavy atom. The fourth-order valence-corrected chi connectivity index (χ4v) is 5.23. The van der Waals surface area contributed by atoms with Crippen LogP contribution in [0.1, 0.15) is 46.7 Å². The molecule has 5 rings (SSSR count). The summed E-state index contributed by atoms with van der Waals surface area (Å²) in [7, 11) is 0. The number of nitrogens with one attached hydrogen (secondary N) is 2. The molecule has 1 aliphatic rings. The smallest absolute Gasteiger partial charge is 0.226 e. The molecule has 0 aliphatic carbocycles. The Morgan fingerprint density at radius 2 is 1.92 bits per heavy atom. The highest BCUT2D eigenvalue weighted by atomic mass is 32.1. The molecule has 0 saturated carbocycles. The van der Waals surface area contributed by atoms with E-state index in [1.165, 1.54) is 0 Å². The van der Waals surface area contributed by atoms with E-state index >= 15 is 0 Å². The van der Waals surface area contributed by atoms with Gasteiger partial charge in [0.1, 0.15) is 0 Å². The molecule has 1 amide bonds. The first-order valence-electron chi connectivity index (χ1n) is 12.4. The van der Waals surface area contributed by atoms with E-state index in [4.69, 9.17) is 12.2 Å². The lowest BCUT2D eigenvalue weighted by molar-refractivity contribution is -0.116. The van der Waals surface area contributed by atoms with Crippen LogP contribution in [0.25, 0.3) is 5.69 Å². The number of amides is 1. The van der Waals surface area contributed by atoms with Crippen LogP contribution in [0, 0.1) is 20.8 Å². The first-order valence-corrected chi connectivity index (χ1v) is 12.8. The first kappa shape index (κ1) is 24.6. The van der Waals surface area contributed by atoms with Gasteiger partial charge in [-0.15, -0.1) is 0 Å². The topological polar surface area (TPSA) is 75.1 Å². The van der Waals surface area contributed by atoms with Crippen LogP contribution in [0.15, 0.2) is 79.3 Å². The number of thiocarbonyl (C=S) groups is 1. The van der Waals surface area contributed by atoms with Crippen molar-refractivity contribution in [2.75, 3.05) is 11.9 Å². The standard InChI is InChI=1S/C29H30N6OS/c1-19-9-10-20(2)24(17-19)32-26(36)13-16-34-28(27(33-29(34)37)23-8-4-5-15-31-23)25-12-11-21(3)35(25)22-7-6-14-30-18-22/h4-12,14-15,17-18,27-28H,13,16H2,1-3H3,(H,32,36)(H,33,37)/t27-,28+/m1/s1. The van der Waals surface area contributed by atoms with Crippen molar-refractivity contribution in [3.8, 4) is 5.69 Å². The molecule has 37 heavy (non-hydrogen) atoms. The van der Waals surface area contributed by atoms with Gasteiger partial charge in [0.2, 0.25) is 5.91 Å². The maximum atomic E-state index is 13.0. The second-order valence-electron chi connectivity index (χ2n) is 9.38. The van der Waals surface area contributed by atoms with Crippen LogP contribution in [0.2, 0.25) is 0 Å². The minimum Gasteiger partial charge on any atom is -0.352 e. The summed E-state index contributed by atoms with van der Waals surface area (Å²) < 4.78 is 2.20. The number of rotatable bonds is 7. The average molecular weight is 511 g/mol. The van der Waals surface area contributed by atoms with Crippen LogP contribution in [-0.4, -0.2) is 37.0 Å². The minimum absolute atomic E-state index is 0.0460. The summed E-state index contributed by atoms with van der Waals surface area (Å²) in [6.45, 7) is 6.56. The normalized spacial score (nSPS) is 17.1. The molecule has 1 saturated heterocycles. The third-order valence-corrected chi connectivity index (χ3v) is 7.11. The highest BCUT2D eigenvalue weighted by Crippen LogP contribution is 2.40. The van der Waals surface area contributed by atoms with E-state index in [2.05, 4.69) is 49.1 Å². The zero-order valence-corrected chi connectivity index (χ0v) is 22.0. The molecule has 1 fully saturated rings. The lowest BCUT2D eigenvalue weighted by Crippen LogP contribution is -2.33. The van der Waals surface area contributed by atoms with Crippen molar-refractivity contribution < 1.29 is 4.79 Å². The summed E-state index contributed by atoms with van der Waals surface area (Å²) in [4.78, 5) is 24.1. The molecule has 4 heterocycles. The van der Waals surface area contributed by atoms with E-state index in [0.717, 1.165) is 39.6 Å². The molecule has 0 unspecified atom stereocenters. The number of hydrogen-bond acceptors (Lipinski definition) is 4. The second kappa shape index (κ2) is 10.5. The van der Waals surface area contributed by atoms with Gasteiger partial charge in [0.05, 0.1) is 29.7 Å². The highest BCUT2D eigenvalue weighted by Gasteiger charge is 2.41. The lowest BCUT2D eigenvalue weighted by atomic mass is 10.0. The predicted octanol–water partition coefficient (Wildman–Crippen LogP) is 5.19. The van der Waals surface area contributed by atoms with Gasteiger partial charge in [0.15, 0.2) is 5.11 Å². The molecule has 188 valence electrons. The number of pyridine rings is 2. The molecule has 8 heteroatoms. The molecule has 2 atom stereocenters. The molecular weight excluding hydrogens is 480 g/mol. The molecule has 0 spiro atoms. The van der Waals surface area contributed by atoms with E-state index in [1.807, 2.05) is 68.6 Å². The summed E-state index contributed by atoms with van der Waals surface area (Å²) in [6, 6.07) is 19.8. The Bertz CT molecular complexity index is 1420. The van der Waals surface area contributed by atoms with Gasteiger partial charge in [-0.3, -0.25) is 14.8 Å². The Kier molecular flexibility index (Phi) is 7.01. The fraction of sp³-hybridized carbons (Fsp3) is 0.241. The molecule has 1 aromatic carbocycles. The zero-order valence-electron chi connectivity index (χ0n) is 21.2. The number of carbonyl (C=O) groups is 1. The van der Waals surface area contributed by atoms with E-state index in [-0.39, 0.29) is 18.0 Å². The van der Waals surface area contributed by atoms with Crippen LogP contribution < -0.4 is 10.6 Å². The van der Waals surface area contributed by atoms with Crippen molar-refractivity contribution in [3.63, 3.8) is 0 Å². The lowest BCUT2D eigenvalue weighted by Gasteiger charge is -2.29. The molecule has 1 aliphatic heterocycles. The van der Waals surface area contributed by atoms with Gasteiger partial charge in [-0.1, -0.05) is 18.2 Å². The first-order chi connectivity index (χ1) is 17.9. The van der Waals surface area contributed by atoms with Crippen LogP contribution in [-0.2, 0) is 4.79 Å². The summed E-state index contributed by atoms with van der Waals surface area (Å²) in [6.07, 6.45) is 5.72. The van der Waals surface area contributed by atoms with Crippen LogP contribution >= 0.6 is 12.2 Å². The van der Waals surface area contributed by atoms with Crippen molar-refractivity contribution in [2.45, 2.75) is 39.3 Å². The average Bonchev–Trinajstić information content (AvgIpc) is 3.44. The quantitative estimate of drug-likeness (QED) is 0.333. The molecule has 4 aromatic rings. The van der Waals surface area contributed by atoms with Crippen molar-refractivity contribution in [2.24, 2.45) is 0 Å². The van der Waals surface area contributed by atoms with Crippen molar-refractivity contribution in [1.82, 2.24) is 24.8 Å². The fourth-order valence-electron chi connectivity index (χ4n) is 4.90. The minimum atomic E-state index is -0.166. The highest BCUT2D eigenvalue weighted by molar-refractivity contribution is 7.80. The summed E-state index contributed by atoms with van der Waals surface area (Å²) >= 11 is 5.81. The Hall–Kier alpha value is -4.04. The van der Waals surface area contributed by atoms with Crippen molar-refractivity contribution >= 4 is 28.9 Å². The summed E-state index contributed by atoms with van der Waals surface area (Å²) in [5.74, 6) is -0.0460.